The number of amides is 3. The zero-order valence-electron chi connectivity index (χ0n) is 13.6. The van der Waals surface area contributed by atoms with Crippen molar-refractivity contribution in [3.8, 4) is 0 Å². The van der Waals surface area contributed by atoms with Gasteiger partial charge in [0.25, 0.3) is 0 Å². The number of hydrogen-bond donors (Lipinski definition) is 3. The molecule has 3 amide bonds. The smallest absolute Gasteiger partial charge is 0.328 e. The molecule has 1 aromatic rings. The second-order valence-corrected chi connectivity index (χ2v) is 6.23. The Hall–Kier alpha value is -2.16. The molecule has 0 aromatic carbocycles. The number of rotatable bonds is 7. The predicted octanol–water partition coefficient (Wildman–Crippen LogP) is 1.28. The van der Waals surface area contributed by atoms with Crippen LogP contribution >= 0.6 is 11.3 Å². The van der Waals surface area contributed by atoms with E-state index in [1.165, 1.54) is 18.4 Å². The second kappa shape index (κ2) is 9.09. The van der Waals surface area contributed by atoms with E-state index >= 15 is 0 Å². The molecule has 8 nitrogen and oxygen atoms in total. The number of esters is 1. The van der Waals surface area contributed by atoms with E-state index in [4.69, 9.17) is 0 Å². The van der Waals surface area contributed by atoms with Crippen LogP contribution in [0.1, 0.15) is 26.0 Å². The van der Waals surface area contributed by atoms with E-state index in [0.717, 1.165) is 5.69 Å². The van der Waals surface area contributed by atoms with Crippen molar-refractivity contribution in [2.24, 2.45) is 5.92 Å². The van der Waals surface area contributed by atoms with Gasteiger partial charge in [0, 0.05) is 5.38 Å². The Bertz CT molecular complexity index is 559. The van der Waals surface area contributed by atoms with E-state index in [9.17, 15) is 14.4 Å². The van der Waals surface area contributed by atoms with Crippen LogP contribution in [-0.2, 0) is 14.3 Å². The zero-order chi connectivity index (χ0) is 17.4. The maximum absolute atomic E-state index is 11.8. The lowest BCUT2D eigenvalue weighted by Crippen LogP contribution is -2.47. The highest BCUT2D eigenvalue weighted by Crippen LogP contribution is 2.13. The first-order valence-electron chi connectivity index (χ1n) is 7.16. The van der Waals surface area contributed by atoms with Crippen molar-refractivity contribution in [2.75, 3.05) is 19.0 Å². The van der Waals surface area contributed by atoms with Gasteiger partial charge in [-0.2, -0.15) is 0 Å². The van der Waals surface area contributed by atoms with E-state index in [2.05, 4.69) is 25.7 Å². The highest BCUT2D eigenvalue weighted by Gasteiger charge is 2.22. The molecule has 9 heteroatoms. The summed E-state index contributed by atoms with van der Waals surface area (Å²) in [6.07, 6.45) is 0.461. The van der Waals surface area contributed by atoms with Crippen molar-refractivity contribution in [3.05, 3.63) is 11.1 Å². The second-order valence-electron chi connectivity index (χ2n) is 5.37. The minimum absolute atomic E-state index is 0.212. The number of carbonyl (C=O) groups is 3. The number of nitrogens with one attached hydrogen (secondary N) is 3. The summed E-state index contributed by atoms with van der Waals surface area (Å²) < 4.78 is 4.66. The molecular formula is C14H22N4O4S. The first-order valence-corrected chi connectivity index (χ1v) is 8.04. The van der Waals surface area contributed by atoms with Crippen LogP contribution in [-0.4, -0.2) is 42.6 Å². The van der Waals surface area contributed by atoms with Crippen LogP contribution in [0.4, 0.5) is 9.93 Å². The summed E-state index contributed by atoms with van der Waals surface area (Å²) in [6.45, 7) is 5.43. The van der Waals surface area contributed by atoms with Crippen LogP contribution in [0.3, 0.4) is 0 Å². The number of hydrogen-bond acceptors (Lipinski definition) is 6. The van der Waals surface area contributed by atoms with Gasteiger partial charge in [0.15, 0.2) is 5.13 Å². The maximum Gasteiger partial charge on any atom is 0.328 e. The average molecular weight is 342 g/mol. The van der Waals surface area contributed by atoms with Gasteiger partial charge in [-0.15, -0.1) is 11.3 Å². The van der Waals surface area contributed by atoms with Crippen molar-refractivity contribution < 1.29 is 19.1 Å². The number of thiazole rings is 1. The Morgan fingerprint density at radius 1 is 1.35 bits per heavy atom. The van der Waals surface area contributed by atoms with Crippen molar-refractivity contribution in [2.45, 2.75) is 33.2 Å². The van der Waals surface area contributed by atoms with Gasteiger partial charge < -0.3 is 15.4 Å². The molecule has 3 N–H and O–H groups in total. The van der Waals surface area contributed by atoms with Crippen LogP contribution in [0.2, 0.25) is 0 Å². The predicted molar refractivity (Wildman–Crippen MR) is 87.3 cm³/mol. The van der Waals surface area contributed by atoms with Crippen LogP contribution in [0, 0.1) is 12.8 Å². The third kappa shape index (κ3) is 7.09. The van der Waals surface area contributed by atoms with E-state index in [1.54, 1.807) is 5.38 Å². The summed E-state index contributed by atoms with van der Waals surface area (Å²) in [5.41, 5.74) is 0.803. The molecule has 0 radical (unpaired) electrons. The minimum Gasteiger partial charge on any atom is -0.467 e. The molecule has 23 heavy (non-hydrogen) atoms. The Kier molecular flexibility index (Phi) is 7.46. The molecule has 1 heterocycles. The van der Waals surface area contributed by atoms with Gasteiger partial charge in [0.05, 0.1) is 19.3 Å². The first kappa shape index (κ1) is 18.9. The molecule has 0 unspecified atom stereocenters. The summed E-state index contributed by atoms with van der Waals surface area (Å²) in [7, 11) is 1.27. The molecule has 0 bridgehead atoms. The lowest BCUT2D eigenvalue weighted by Gasteiger charge is -2.18. The fourth-order valence-corrected chi connectivity index (χ4v) is 2.47. The average Bonchev–Trinajstić information content (AvgIpc) is 2.88. The Morgan fingerprint density at radius 2 is 2.04 bits per heavy atom. The van der Waals surface area contributed by atoms with Gasteiger partial charge in [-0.05, 0) is 19.3 Å². The van der Waals surface area contributed by atoms with Crippen LogP contribution in [0.15, 0.2) is 5.38 Å². The molecular weight excluding hydrogens is 320 g/mol. The number of aryl methyl sites for hydroxylation is 1. The summed E-state index contributed by atoms with van der Waals surface area (Å²) >= 11 is 1.29. The van der Waals surface area contributed by atoms with Gasteiger partial charge >= 0.3 is 12.0 Å². The zero-order valence-corrected chi connectivity index (χ0v) is 14.5. The molecule has 0 spiro atoms. The number of aromatic nitrogens is 1. The Morgan fingerprint density at radius 3 is 2.57 bits per heavy atom. The molecule has 1 rings (SSSR count). The van der Waals surface area contributed by atoms with Gasteiger partial charge in [-0.3, -0.25) is 10.1 Å². The standard InChI is InChI=1S/C14H22N4O4S/c1-8(2)5-10(12(20)22-4)17-11(19)6-15-13(21)18-14-16-9(3)7-23-14/h7-8,10H,5-6H2,1-4H3,(H,17,19)(H2,15,16,18,21)/t10-/m0/s1. The summed E-state index contributed by atoms with van der Waals surface area (Å²) in [5, 5.41) is 9.74. The van der Waals surface area contributed by atoms with Crippen molar-refractivity contribution in [3.63, 3.8) is 0 Å². The lowest BCUT2D eigenvalue weighted by atomic mass is 10.0. The van der Waals surface area contributed by atoms with Gasteiger partial charge in [-0.1, -0.05) is 13.8 Å². The highest BCUT2D eigenvalue weighted by molar-refractivity contribution is 7.13. The first-order chi connectivity index (χ1) is 10.8. The SMILES string of the molecule is COC(=O)[C@H](CC(C)C)NC(=O)CNC(=O)Nc1nc(C)cs1. The van der Waals surface area contributed by atoms with Crippen LogP contribution in [0.25, 0.3) is 0 Å². The Balaban J connectivity index is 2.41. The fraction of sp³-hybridized carbons (Fsp3) is 0.571. The van der Waals surface area contributed by atoms with Gasteiger partial charge in [0.1, 0.15) is 6.04 Å². The number of methoxy groups -OCH3 is 1. The quantitative estimate of drug-likeness (QED) is 0.647. The number of urea groups is 1. The lowest BCUT2D eigenvalue weighted by molar-refractivity contribution is -0.145. The molecule has 0 saturated carbocycles. The van der Waals surface area contributed by atoms with Crippen molar-refractivity contribution >= 4 is 34.4 Å². The molecule has 128 valence electrons. The van der Waals surface area contributed by atoms with E-state index in [-0.39, 0.29) is 12.5 Å². The van der Waals surface area contributed by atoms with E-state index in [0.29, 0.717) is 11.6 Å². The molecule has 0 saturated heterocycles. The number of nitrogens with zero attached hydrogens (tertiary/aromatic N) is 1. The molecule has 0 aliphatic rings. The topological polar surface area (TPSA) is 109 Å². The maximum atomic E-state index is 11.8. The largest absolute Gasteiger partial charge is 0.467 e. The number of anilines is 1. The van der Waals surface area contributed by atoms with Gasteiger partial charge in [-0.25, -0.2) is 14.6 Å². The van der Waals surface area contributed by atoms with Crippen LogP contribution < -0.4 is 16.0 Å². The summed E-state index contributed by atoms with van der Waals surface area (Å²) in [5.74, 6) is -0.759. The molecule has 0 fully saturated rings. The number of ether oxygens (including phenoxy) is 1. The Labute approximate surface area is 139 Å². The van der Waals surface area contributed by atoms with Gasteiger partial charge in [0.2, 0.25) is 5.91 Å². The highest BCUT2D eigenvalue weighted by atomic mass is 32.1. The monoisotopic (exact) mass is 342 g/mol. The third-order valence-corrected chi connectivity index (χ3v) is 3.65. The van der Waals surface area contributed by atoms with E-state index in [1.807, 2.05) is 20.8 Å². The molecule has 0 aliphatic heterocycles. The van der Waals surface area contributed by atoms with Crippen molar-refractivity contribution in [1.82, 2.24) is 15.6 Å². The van der Waals surface area contributed by atoms with E-state index < -0.39 is 23.9 Å². The molecule has 1 aromatic heterocycles. The molecule has 0 aliphatic carbocycles. The fourth-order valence-electron chi connectivity index (χ4n) is 1.79. The summed E-state index contributed by atoms with van der Waals surface area (Å²) in [4.78, 5) is 39.2. The number of carbonyl (C=O) groups excluding carboxylic acids is 3. The van der Waals surface area contributed by atoms with Crippen molar-refractivity contribution in [1.29, 1.82) is 0 Å². The van der Waals surface area contributed by atoms with Crippen LogP contribution in [0.5, 0.6) is 0 Å². The summed E-state index contributed by atoms with van der Waals surface area (Å²) in [6, 6.07) is -1.26. The minimum atomic E-state index is -0.723. The molecule has 1 atom stereocenters. The third-order valence-electron chi connectivity index (χ3n) is 2.78. The normalized spacial score (nSPS) is 11.7.